The third kappa shape index (κ3) is 4.62. The zero-order valence-electron chi connectivity index (χ0n) is 15.5. The third-order valence-corrected chi connectivity index (χ3v) is 4.56. The van der Waals surface area contributed by atoms with Gasteiger partial charge in [-0.05, 0) is 62.7 Å². The molecular formula is C21H24ClN3O2. The quantitative estimate of drug-likeness (QED) is 0.555. The molecule has 5 nitrogen and oxygen atoms in total. The number of nitrogens with one attached hydrogen (secondary N) is 1. The molecule has 142 valence electrons. The monoisotopic (exact) mass is 385 g/mol. The zero-order chi connectivity index (χ0) is 19.2. The fourth-order valence-electron chi connectivity index (χ4n) is 2.95. The van der Waals surface area contributed by atoms with Crippen molar-refractivity contribution in [3.63, 3.8) is 0 Å². The number of rotatable bonds is 8. The second-order valence-corrected chi connectivity index (χ2v) is 6.82. The van der Waals surface area contributed by atoms with Crippen LogP contribution in [0.15, 0.2) is 48.7 Å². The zero-order valence-corrected chi connectivity index (χ0v) is 16.3. The molecule has 0 amide bonds. The van der Waals surface area contributed by atoms with E-state index in [0.717, 1.165) is 29.4 Å². The summed E-state index contributed by atoms with van der Waals surface area (Å²) in [5, 5.41) is 5.06. The lowest BCUT2D eigenvalue weighted by molar-refractivity contribution is 0.381. The van der Waals surface area contributed by atoms with E-state index in [0.29, 0.717) is 28.8 Å². The summed E-state index contributed by atoms with van der Waals surface area (Å²) >= 11 is 5.97. The van der Waals surface area contributed by atoms with Crippen molar-refractivity contribution >= 4 is 28.2 Å². The molecule has 0 aliphatic heterocycles. The Morgan fingerprint density at radius 2 is 2.00 bits per heavy atom. The van der Waals surface area contributed by atoms with E-state index in [4.69, 9.17) is 26.8 Å². The number of hydrogen-bond donors (Lipinski definition) is 2. The Kier molecular flexibility index (Phi) is 6.37. The molecule has 3 aromatic rings. The van der Waals surface area contributed by atoms with Gasteiger partial charge in [0, 0.05) is 28.7 Å². The van der Waals surface area contributed by atoms with E-state index < -0.39 is 0 Å². The molecule has 0 saturated carbocycles. The molecule has 0 fully saturated rings. The minimum absolute atomic E-state index is 0.270. The maximum atomic E-state index is 6.13. The van der Waals surface area contributed by atoms with Crippen LogP contribution >= 0.6 is 11.6 Å². The molecule has 0 radical (unpaired) electrons. The molecule has 6 heteroatoms. The molecule has 0 unspecified atom stereocenters. The predicted molar refractivity (Wildman–Crippen MR) is 111 cm³/mol. The fraction of sp³-hybridized carbons (Fsp3) is 0.286. The average Bonchev–Trinajstić information content (AvgIpc) is 2.69. The highest BCUT2D eigenvalue weighted by Crippen LogP contribution is 2.42. The lowest BCUT2D eigenvalue weighted by atomic mass is 10.1. The number of benzene rings is 2. The van der Waals surface area contributed by atoms with Crippen LogP contribution < -0.4 is 20.5 Å². The van der Waals surface area contributed by atoms with Crippen LogP contribution in [0.2, 0.25) is 5.02 Å². The Hall–Kier alpha value is -2.50. The standard InChI is InChI=1S/C21H24ClN3O2/c1-14(5-3-11-23)25-18-13-19(26-2)21(17-6-4-12-24-20(17)18)27-16-9-7-15(22)8-10-16/h4,6-10,12-14,25H,3,5,11,23H2,1-2H3/t14-/m1/s1. The molecule has 3 N–H and O–H groups in total. The van der Waals surface area contributed by atoms with Gasteiger partial charge in [0.1, 0.15) is 5.75 Å². The van der Waals surface area contributed by atoms with Gasteiger partial charge in [-0.2, -0.15) is 0 Å². The summed E-state index contributed by atoms with van der Waals surface area (Å²) in [6.45, 7) is 2.82. The van der Waals surface area contributed by atoms with Crippen molar-refractivity contribution in [2.75, 3.05) is 19.0 Å². The number of pyridine rings is 1. The summed E-state index contributed by atoms with van der Waals surface area (Å²) in [6, 6.07) is 13.3. The van der Waals surface area contributed by atoms with Gasteiger partial charge in [-0.1, -0.05) is 11.6 Å². The first-order valence-corrected chi connectivity index (χ1v) is 9.36. The summed E-state index contributed by atoms with van der Waals surface area (Å²) < 4.78 is 11.7. The van der Waals surface area contributed by atoms with E-state index in [2.05, 4.69) is 17.2 Å². The van der Waals surface area contributed by atoms with Crippen molar-refractivity contribution in [3.8, 4) is 17.2 Å². The highest BCUT2D eigenvalue weighted by molar-refractivity contribution is 6.30. The summed E-state index contributed by atoms with van der Waals surface area (Å²) in [4.78, 5) is 4.56. The molecule has 0 aliphatic carbocycles. The van der Waals surface area contributed by atoms with Crippen LogP contribution in [0, 0.1) is 0 Å². The van der Waals surface area contributed by atoms with Crippen LogP contribution in [-0.4, -0.2) is 24.7 Å². The topological polar surface area (TPSA) is 69.4 Å². The Morgan fingerprint density at radius 1 is 1.22 bits per heavy atom. The molecule has 0 bridgehead atoms. The molecule has 1 atom stereocenters. The molecule has 3 rings (SSSR count). The first-order chi connectivity index (χ1) is 13.1. The summed E-state index contributed by atoms with van der Waals surface area (Å²) in [7, 11) is 1.63. The first kappa shape index (κ1) is 19.3. The highest BCUT2D eigenvalue weighted by atomic mass is 35.5. The van der Waals surface area contributed by atoms with Crippen LogP contribution in [-0.2, 0) is 0 Å². The second kappa shape index (κ2) is 8.93. The first-order valence-electron chi connectivity index (χ1n) is 8.98. The van der Waals surface area contributed by atoms with E-state index >= 15 is 0 Å². The van der Waals surface area contributed by atoms with Crippen molar-refractivity contribution in [1.29, 1.82) is 0 Å². The number of nitrogens with two attached hydrogens (primary N) is 1. The van der Waals surface area contributed by atoms with Gasteiger partial charge in [-0.15, -0.1) is 0 Å². The smallest absolute Gasteiger partial charge is 0.178 e. The average molecular weight is 386 g/mol. The maximum Gasteiger partial charge on any atom is 0.178 e. The Bertz CT molecular complexity index is 900. The number of halogens is 1. The molecule has 1 aromatic heterocycles. The van der Waals surface area contributed by atoms with Crippen molar-refractivity contribution in [2.24, 2.45) is 5.73 Å². The van der Waals surface area contributed by atoms with E-state index in [1.807, 2.05) is 30.3 Å². The summed E-state index contributed by atoms with van der Waals surface area (Å²) in [5.74, 6) is 1.95. The van der Waals surface area contributed by atoms with Gasteiger partial charge in [-0.25, -0.2) is 0 Å². The van der Waals surface area contributed by atoms with Crippen LogP contribution in [0.4, 0.5) is 5.69 Å². The van der Waals surface area contributed by atoms with Gasteiger partial charge < -0.3 is 20.5 Å². The number of fused-ring (bicyclic) bond motifs is 1. The number of anilines is 1. The number of hydrogen-bond acceptors (Lipinski definition) is 5. The Balaban J connectivity index is 2.01. The second-order valence-electron chi connectivity index (χ2n) is 6.39. The summed E-state index contributed by atoms with van der Waals surface area (Å²) in [6.07, 6.45) is 3.72. The van der Waals surface area contributed by atoms with Crippen molar-refractivity contribution in [1.82, 2.24) is 4.98 Å². The molecule has 27 heavy (non-hydrogen) atoms. The van der Waals surface area contributed by atoms with Crippen LogP contribution in [0.5, 0.6) is 17.2 Å². The largest absolute Gasteiger partial charge is 0.493 e. The van der Waals surface area contributed by atoms with Crippen LogP contribution in [0.1, 0.15) is 19.8 Å². The molecule has 0 aliphatic rings. The maximum absolute atomic E-state index is 6.13. The van der Waals surface area contributed by atoms with E-state index in [1.54, 1.807) is 25.4 Å². The molecule has 0 saturated heterocycles. The van der Waals surface area contributed by atoms with Gasteiger partial charge >= 0.3 is 0 Å². The number of ether oxygens (including phenoxy) is 2. The Morgan fingerprint density at radius 3 is 2.70 bits per heavy atom. The predicted octanol–water partition coefficient (Wildman–Crippen LogP) is 5.23. The Labute approximate surface area is 164 Å². The minimum Gasteiger partial charge on any atom is -0.493 e. The van der Waals surface area contributed by atoms with Crippen molar-refractivity contribution in [2.45, 2.75) is 25.8 Å². The minimum atomic E-state index is 0.270. The van der Waals surface area contributed by atoms with Gasteiger partial charge in [0.15, 0.2) is 11.5 Å². The number of methoxy groups -OCH3 is 1. The molecule has 2 aromatic carbocycles. The number of aromatic nitrogens is 1. The van der Waals surface area contributed by atoms with Crippen molar-refractivity contribution < 1.29 is 9.47 Å². The molecular weight excluding hydrogens is 362 g/mol. The van der Waals surface area contributed by atoms with Crippen LogP contribution in [0.25, 0.3) is 10.9 Å². The van der Waals surface area contributed by atoms with E-state index in [-0.39, 0.29) is 6.04 Å². The van der Waals surface area contributed by atoms with Crippen LogP contribution in [0.3, 0.4) is 0 Å². The highest BCUT2D eigenvalue weighted by Gasteiger charge is 2.17. The lowest BCUT2D eigenvalue weighted by Crippen LogP contribution is -2.17. The number of nitrogens with zero attached hydrogens (tertiary/aromatic N) is 1. The van der Waals surface area contributed by atoms with E-state index in [9.17, 15) is 0 Å². The third-order valence-electron chi connectivity index (χ3n) is 4.30. The molecule has 1 heterocycles. The lowest BCUT2D eigenvalue weighted by Gasteiger charge is -2.19. The molecule has 0 spiro atoms. The van der Waals surface area contributed by atoms with Gasteiger partial charge in [-0.3, -0.25) is 4.98 Å². The summed E-state index contributed by atoms with van der Waals surface area (Å²) in [5.41, 5.74) is 7.37. The van der Waals surface area contributed by atoms with Gasteiger partial charge in [0.2, 0.25) is 0 Å². The van der Waals surface area contributed by atoms with Crippen molar-refractivity contribution in [3.05, 3.63) is 53.7 Å². The van der Waals surface area contributed by atoms with Gasteiger partial charge in [0.25, 0.3) is 0 Å². The van der Waals surface area contributed by atoms with E-state index in [1.165, 1.54) is 0 Å². The SMILES string of the molecule is COc1cc(N[C@H](C)CCCN)c2ncccc2c1Oc1ccc(Cl)cc1. The van der Waals surface area contributed by atoms with Gasteiger partial charge in [0.05, 0.1) is 18.3 Å². The fourth-order valence-corrected chi connectivity index (χ4v) is 3.08. The normalized spacial score (nSPS) is 12.0.